The molecule has 1 amide bonds. The second kappa shape index (κ2) is 7.84. The first-order valence-corrected chi connectivity index (χ1v) is 6.24. The minimum Gasteiger partial charge on any atom is -0.383 e. The summed E-state index contributed by atoms with van der Waals surface area (Å²) in [4.78, 5) is 13.5. The molecule has 0 radical (unpaired) electrons. The van der Waals surface area contributed by atoms with Gasteiger partial charge in [0.15, 0.2) is 0 Å². The molecule has 18 heavy (non-hydrogen) atoms. The zero-order valence-corrected chi connectivity index (χ0v) is 11.4. The SMILES string of the molecule is CCc1ccc(N(C)C(=O)CNCCOC)cc1. The van der Waals surface area contributed by atoms with E-state index in [2.05, 4.69) is 24.4 Å². The average Bonchev–Trinajstić information content (AvgIpc) is 2.42. The largest absolute Gasteiger partial charge is 0.383 e. The molecule has 4 heteroatoms. The van der Waals surface area contributed by atoms with Gasteiger partial charge in [0.25, 0.3) is 0 Å². The molecule has 0 bridgehead atoms. The number of benzene rings is 1. The number of methoxy groups -OCH3 is 1. The van der Waals surface area contributed by atoms with Crippen molar-refractivity contribution in [3.63, 3.8) is 0 Å². The predicted octanol–water partition coefficient (Wildman–Crippen LogP) is 1.45. The molecule has 0 aliphatic carbocycles. The fraction of sp³-hybridized carbons (Fsp3) is 0.500. The number of carbonyl (C=O) groups excluding carboxylic acids is 1. The summed E-state index contributed by atoms with van der Waals surface area (Å²) < 4.78 is 4.91. The van der Waals surface area contributed by atoms with E-state index < -0.39 is 0 Å². The summed E-state index contributed by atoms with van der Waals surface area (Å²) in [6, 6.07) is 8.06. The van der Waals surface area contributed by atoms with Crippen LogP contribution < -0.4 is 10.2 Å². The number of hydrogen-bond acceptors (Lipinski definition) is 3. The molecule has 100 valence electrons. The van der Waals surface area contributed by atoms with Gasteiger partial charge in [-0.3, -0.25) is 4.79 Å². The van der Waals surface area contributed by atoms with E-state index in [1.807, 2.05) is 12.1 Å². The second-order valence-corrected chi connectivity index (χ2v) is 4.14. The maximum atomic E-state index is 11.9. The van der Waals surface area contributed by atoms with E-state index in [-0.39, 0.29) is 5.91 Å². The summed E-state index contributed by atoms with van der Waals surface area (Å²) in [5.41, 5.74) is 2.20. The Morgan fingerprint density at radius 3 is 2.56 bits per heavy atom. The van der Waals surface area contributed by atoms with E-state index in [0.717, 1.165) is 12.1 Å². The lowest BCUT2D eigenvalue weighted by atomic mass is 10.1. The number of likely N-dealkylation sites (N-methyl/N-ethyl adjacent to an activating group) is 1. The van der Waals surface area contributed by atoms with E-state index in [4.69, 9.17) is 4.74 Å². The molecule has 0 atom stereocenters. The predicted molar refractivity (Wildman–Crippen MR) is 74.0 cm³/mol. The highest BCUT2D eigenvalue weighted by atomic mass is 16.5. The van der Waals surface area contributed by atoms with Crippen LogP contribution >= 0.6 is 0 Å². The van der Waals surface area contributed by atoms with Crippen LogP contribution in [0, 0.1) is 0 Å². The lowest BCUT2D eigenvalue weighted by Crippen LogP contribution is -2.36. The quantitative estimate of drug-likeness (QED) is 0.745. The minimum absolute atomic E-state index is 0.0513. The van der Waals surface area contributed by atoms with Crippen molar-refractivity contribution in [1.82, 2.24) is 5.32 Å². The number of aryl methyl sites for hydroxylation is 1. The van der Waals surface area contributed by atoms with Crippen LogP contribution in [0.25, 0.3) is 0 Å². The van der Waals surface area contributed by atoms with Crippen molar-refractivity contribution in [1.29, 1.82) is 0 Å². The number of nitrogens with zero attached hydrogens (tertiary/aromatic N) is 1. The molecule has 0 spiro atoms. The average molecular weight is 250 g/mol. The number of anilines is 1. The lowest BCUT2D eigenvalue weighted by Gasteiger charge is -2.18. The standard InChI is InChI=1S/C14H22N2O2/c1-4-12-5-7-13(8-6-12)16(2)14(17)11-15-9-10-18-3/h5-8,15H,4,9-11H2,1-3H3. The fourth-order valence-electron chi connectivity index (χ4n) is 1.59. The van der Waals surface area contributed by atoms with Gasteiger partial charge in [-0.25, -0.2) is 0 Å². The molecule has 0 unspecified atom stereocenters. The number of ether oxygens (including phenoxy) is 1. The van der Waals surface area contributed by atoms with Gasteiger partial charge in [0, 0.05) is 26.4 Å². The molecule has 1 aromatic rings. The van der Waals surface area contributed by atoms with Gasteiger partial charge in [0.05, 0.1) is 13.2 Å². The highest BCUT2D eigenvalue weighted by Gasteiger charge is 2.09. The molecule has 1 aromatic carbocycles. The molecule has 1 rings (SSSR count). The molecule has 0 saturated carbocycles. The molecule has 0 aliphatic rings. The molecule has 0 aromatic heterocycles. The van der Waals surface area contributed by atoms with Crippen molar-refractivity contribution in [2.24, 2.45) is 0 Å². The Bertz CT molecular complexity index is 363. The Labute approximate surface area is 109 Å². The summed E-state index contributed by atoms with van der Waals surface area (Å²) >= 11 is 0. The summed E-state index contributed by atoms with van der Waals surface area (Å²) in [6.07, 6.45) is 1.01. The van der Waals surface area contributed by atoms with Gasteiger partial charge in [0.2, 0.25) is 5.91 Å². The topological polar surface area (TPSA) is 41.6 Å². The molecule has 0 heterocycles. The number of nitrogens with one attached hydrogen (secondary N) is 1. The van der Waals surface area contributed by atoms with Crippen LogP contribution in [0.1, 0.15) is 12.5 Å². The van der Waals surface area contributed by atoms with Gasteiger partial charge in [-0.2, -0.15) is 0 Å². The van der Waals surface area contributed by atoms with Crippen molar-refractivity contribution in [3.05, 3.63) is 29.8 Å². The highest BCUT2D eigenvalue weighted by Crippen LogP contribution is 2.14. The van der Waals surface area contributed by atoms with Crippen LogP contribution in [-0.2, 0) is 16.0 Å². The van der Waals surface area contributed by atoms with Crippen LogP contribution in [0.2, 0.25) is 0 Å². The number of rotatable bonds is 7. The third-order valence-electron chi connectivity index (χ3n) is 2.87. The number of carbonyl (C=O) groups is 1. The Morgan fingerprint density at radius 2 is 2.00 bits per heavy atom. The minimum atomic E-state index is 0.0513. The lowest BCUT2D eigenvalue weighted by molar-refractivity contribution is -0.117. The molecule has 0 fully saturated rings. The van der Waals surface area contributed by atoms with Crippen molar-refractivity contribution in [2.45, 2.75) is 13.3 Å². The molecular formula is C14H22N2O2. The van der Waals surface area contributed by atoms with E-state index in [1.165, 1.54) is 5.56 Å². The van der Waals surface area contributed by atoms with Gasteiger partial charge < -0.3 is 15.0 Å². The van der Waals surface area contributed by atoms with E-state index >= 15 is 0 Å². The monoisotopic (exact) mass is 250 g/mol. The molecule has 4 nitrogen and oxygen atoms in total. The van der Waals surface area contributed by atoms with E-state index in [0.29, 0.717) is 19.7 Å². The first-order valence-electron chi connectivity index (χ1n) is 6.24. The molecule has 0 saturated heterocycles. The van der Waals surface area contributed by atoms with Crippen molar-refractivity contribution in [2.75, 3.05) is 38.8 Å². The third-order valence-corrected chi connectivity index (χ3v) is 2.87. The van der Waals surface area contributed by atoms with Crippen molar-refractivity contribution >= 4 is 11.6 Å². The zero-order chi connectivity index (χ0) is 13.4. The first-order chi connectivity index (χ1) is 8.69. The third kappa shape index (κ3) is 4.47. The number of hydrogen-bond donors (Lipinski definition) is 1. The van der Waals surface area contributed by atoms with Gasteiger partial charge in [-0.1, -0.05) is 19.1 Å². The van der Waals surface area contributed by atoms with Crippen molar-refractivity contribution in [3.8, 4) is 0 Å². The zero-order valence-electron chi connectivity index (χ0n) is 11.4. The van der Waals surface area contributed by atoms with Crippen LogP contribution in [0.5, 0.6) is 0 Å². The maximum Gasteiger partial charge on any atom is 0.240 e. The molecule has 1 N–H and O–H groups in total. The van der Waals surface area contributed by atoms with Gasteiger partial charge >= 0.3 is 0 Å². The summed E-state index contributed by atoms with van der Waals surface area (Å²) in [6.45, 7) is 3.74. The molecule has 0 aliphatic heterocycles. The Hall–Kier alpha value is -1.39. The van der Waals surface area contributed by atoms with Crippen LogP contribution in [0.3, 0.4) is 0 Å². The van der Waals surface area contributed by atoms with E-state index in [9.17, 15) is 4.79 Å². The molecular weight excluding hydrogens is 228 g/mol. The maximum absolute atomic E-state index is 11.9. The first kappa shape index (κ1) is 14.7. The van der Waals surface area contributed by atoms with Crippen LogP contribution in [0.15, 0.2) is 24.3 Å². The van der Waals surface area contributed by atoms with Gasteiger partial charge in [-0.15, -0.1) is 0 Å². The number of amides is 1. The van der Waals surface area contributed by atoms with Crippen LogP contribution in [0.4, 0.5) is 5.69 Å². The normalized spacial score (nSPS) is 10.4. The van der Waals surface area contributed by atoms with Crippen LogP contribution in [-0.4, -0.2) is 39.8 Å². The smallest absolute Gasteiger partial charge is 0.240 e. The second-order valence-electron chi connectivity index (χ2n) is 4.14. The summed E-state index contributed by atoms with van der Waals surface area (Å²) in [5, 5.41) is 3.04. The summed E-state index contributed by atoms with van der Waals surface area (Å²) in [7, 11) is 3.44. The highest BCUT2D eigenvalue weighted by molar-refractivity contribution is 5.94. The van der Waals surface area contributed by atoms with Crippen molar-refractivity contribution < 1.29 is 9.53 Å². The van der Waals surface area contributed by atoms with Gasteiger partial charge in [-0.05, 0) is 24.1 Å². The van der Waals surface area contributed by atoms with Gasteiger partial charge in [0.1, 0.15) is 0 Å². The Kier molecular flexibility index (Phi) is 6.39. The summed E-state index contributed by atoms with van der Waals surface area (Å²) in [5.74, 6) is 0.0513. The Morgan fingerprint density at radius 1 is 1.33 bits per heavy atom. The van der Waals surface area contributed by atoms with E-state index in [1.54, 1.807) is 19.1 Å². The fourth-order valence-corrected chi connectivity index (χ4v) is 1.59. The Balaban J connectivity index is 2.46.